The molecule has 2 N–H and O–H groups in total. The zero-order valence-electron chi connectivity index (χ0n) is 12.2. The number of rotatable bonds is 5. The maximum atomic E-state index is 10.4. The van der Waals surface area contributed by atoms with Crippen LogP contribution in [0.1, 0.15) is 41.0 Å². The summed E-state index contributed by atoms with van der Waals surface area (Å²) in [6.07, 6.45) is 3.06. The Bertz CT molecular complexity index is 596. The molecule has 0 fully saturated rings. The minimum Gasteiger partial charge on any atom is -0.497 e. The van der Waals surface area contributed by atoms with E-state index in [0.717, 1.165) is 17.7 Å². The van der Waals surface area contributed by atoms with Gasteiger partial charge in [0.1, 0.15) is 5.75 Å². The van der Waals surface area contributed by atoms with Crippen LogP contribution >= 0.6 is 11.3 Å². The summed E-state index contributed by atoms with van der Waals surface area (Å²) in [6.45, 7) is 0.563. The van der Waals surface area contributed by atoms with Crippen LogP contribution in [0.4, 0.5) is 0 Å². The van der Waals surface area contributed by atoms with Crippen molar-refractivity contribution >= 4 is 11.3 Å². The molecule has 2 atom stereocenters. The number of hydrogen-bond acceptors (Lipinski definition) is 4. The molecule has 0 radical (unpaired) electrons. The van der Waals surface area contributed by atoms with Crippen molar-refractivity contribution in [2.45, 2.75) is 31.4 Å². The summed E-state index contributed by atoms with van der Waals surface area (Å²) in [5, 5.41) is 16.0. The lowest BCUT2D eigenvalue weighted by molar-refractivity contribution is 0.168. The lowest BCUT2D eigenvalue weighted by atomic mass is 9.94. The summed E-state index contributed by atoms with van der Waals surface area (Å²) in [4.78, 5) is 1.50. The lowest BCUT2D eigenvalue weighted by Crippen LogP contribution is -2.28. The predicted octanol–water partition coefficient (Wildman–Crippen LogP) is 3.46. The smallest absolute Gasteiger partial charge is 0.119 e. The molecule has 0 amide bonds. The topological polar surface area (TPSA) is 41.5 Å². The van der Waals surface area contributed by atoms with Gasteiger partial charge in [-0.1, -0.05) is 12.1 Å². The third-order valence-electron chi connectivity index (χ3n) is 4.09. The second-order valence-corrected chi connectivity index (χ2v) is 6.45. The first-order chi connectivity index (χ1) is 10.3. The summed E-state index contributed by atoms with van der Waals surface area (Å²) in [5.74, 6) is 0.782. The Morgan fingerprint density at radius 2 is 2.33 bits per heavy atom. The van der Waals surface area contributed by atoms with Gasteiger partial charge < -0.3 is 15.2 Å². The van der Waals surface area contributed by atoms with Crippen LogP contribution in [-0.4, -0.2) is 18.8 Å². The van der Waals surface area contributed by atoms with E-state index in [4.69, 9.17) is 4.74 Å². The Labute approximate surface area is 129 Å². The van der Waals surface area contributed by atoms with Gasteiger partial charge in [0.05, 0.1) is 13.2 Å². The van der Waals surface area contributed by atoms with Crippen LogP contribution in [0.25, 0.3) is 0 Å². The average molecular weight is 303 g/mol. The fourth-order valence-electron chi connectivity index (χ4n) is 2.92. The van der Waals surface area contributed by atoms with Crippen LogP contribution < -0.4 is 10.1 Å². The van der Waals surface area contributed by atoms with Gasteiger partial charge in [-0.25, -0.2) is 0 Å². The van der Waals surface area contributed by atoms with Gasteiger partial charge in [0.25, 0.3) is 0 Å². The number of nitrogens with one attached hydrogen (secondary N) is 1. The molecule has 1 aromatic carbocycles. The van der Waals surface area contributed by atoms with Crippen LogP contribution in [0.3, 0.4) is 0 Å². The molecule has 3 rings (SSSR count). The van der Waals surface area contributed by atoms with Crippen LogP contribution in [0, 0.1) is 0 Å². The minimum absolute atomic E-state index is 0.375. The molecule has 0 bridgehead atoms. The SMILES string of the molecule is COc1cccc(C(O)CNC2CCCc3sccc32)c1. The van der Waals surface area contributed by atoms with Crippen molar-refractivity contribution in [1.82, 2.24) is 5.32 Å². The van der Waals surface area contributed by atoms with E-state index >= 15 is 0 Å². The number of benzene rings is 1. The number of thiophene rings is 1. The second-order valence-electron chi connectivity index (χ2n) is 5.44. The number of fused-ring (bicyclic) bond motifs is 1. The molecular weight excluding hydrogens is 282 g/mol. The summed E-state index contributed by atoms with van der Waals surface area (Å²) in [7, 11) is 1.64. The molecule has 21 heavy (non-hydrogen) atoms. The first-order valence-electron chi connectivity index (χ1n) is 7.39. The third-order valence-corrected chi connectivity index (χ3v) is 5.08. The molecular formula is C17H21NO2S. The molecule has 1 aromatic heterocycles. The largest absolute Gasteiger partial charge is 0.497 e. The molecule has 1 heterocycles. The maximum absolute atomic E-state index is 10.4. The molecule has 3 nitrogen and oxygen atoms in total. The summed E-state index contributed by atoms with van der Waals surface area (Å²) < 4.78 is 5.21. The van der Waals surface area contributed by atoms with Crippen LogP contribution in [0.2, 0.25) is 0 Å². The Hall–Kier alpha value is -1.36. The van der Waals surface area contributed by atoms with E-state index < -0.39 is 6.10 Å². The highest BCUT2D eigenvalue weighted by Crippen LogP contribution is 2.33. The van der Waals surface area contributed by atoms with Crippen molar-refractivity contribution < 1.29 is 9.84 Å². The Balaban J connectivity index is 1.63. The number of methoxy groups -OCH3 is 1. The van der Waals surface area contributed by atoms with Gasteiger partial charge in [-0.15, -0.1) is 11.3 Å². The summed E-state index contributed by atoms with van der Waals surface area (Å²) >= 11 is 1.85. The number of aliphatic hydroxyl groups excluding tert-OH is 1. The first-order valence-corrected chi connectivity index (χ1v) is 8.27. The van der Waals surface area contributed by atoms with E-state index in [9.17, 15) is 5.11 Å². The number of aryl methyl sites for hydroxylation is 1. The van der Waals surface area contributed by atoms with Crippen LogP contribution in [-0.2, 0) is 6.42 Å². The Kier molecular flexibility index (Phi) is 4.58. The van der Waals surface area contributed by atoms with Crippen LogP contribution in [0.15, 0.2) is 35.7 Å². The minimum atomic E-state index is -0.510. The van der Waals surface area contributed by atoms with E-state index in [0.29, 0.717) is 12.6 Å². The van der Waals surface area contributed by atoms with E-state index in [1.807, 2.05) is 35.6 Å². The average Bonchev–Trinajstić information content (AvgIpc) is 3.01. The molecule has 0 saturated heterocycles. The van der Waals surface area contributed by atoms with Gasteiger partial charge in [-0.3, -0.25) is 0 Å². The highest BCUT2D eigenvalue weighted by atomic mass is 32.1. The fraction of sp³-hybridized carbons (Fsp3) is 0.412. The molecule has 4 heteroatoms. The van der Waals surface area contributed by atoms with Crippen LogP contribution in [0.5, 0.6) is 5.75 Å². The molecule has 2 aromatic rings. The fourth-order valence-corrected chi connectivity index (χ4v) is 3.91. The van der Waals surface area contributed by atoms with Gasteiger partial charge in [-0.05, 0) is 54.0 Å². The van der Waals surface area contributed by atoms with Gasteiger partial charge in [0.15, 0.2) is 0 Å². The number of aliphatic hydroxyl groups is 1. The zero-order valence-corrected chi connectivity index (χ0v) is 13.0. The monoisotopic (exact) mass is 303 g/mol. The molecule has 1 aliphatic rings. The number of ether oxygens (including phenoxy) is 1. The van der Waals surface area contributed by atoms with E-state index in [-0.39, 0.29) is 0 Å². The van der Waals surface area contributed by atoms with Crippen molar-refractivity contribution in [3.63, 3.8) is 0 Å². The van der Waals surface area contributed by atoms with Crippen molar-refractivity contribution in [3.8, 4) is 5.75 Å². The highest BCUT2D eigenvalue weighted by molar-refractivity contribution is 7.10. The molecule has 0 spiro atoms. The predicted molar refractivity (Wildman–Crippen MR) is 86.0 cm³/mol. The van der Waals surface area contributed by atoms with Gasteiger partial charge in [-0.2, -0.15) is 0 Å². The molecule has 0 saturated carbocycles. The first kappa shape index (κ1) is 14.6. The van der Waals surface area contributed by atoms with Crippen molar-refractivity contribution in [2.24, 2.45) is 0 Å². The summed E-state index contributed by atoms with van der Waals surface area (Å²) in [5.41, 5.74) is 2.31. The van der Waals surface area contributed by atoms with Gasteiger partial charge in [0, 0.05) is 17.5 Å². The standard InChI is InChI=1S/C17H21NO2S/c1-20-13-5-2-4-12(10-13)16(19)11-18-15-6-3-7-17-14(15)8-9-21-17/h2,4-5,8-10,15-16,18-19H,3,6-7,11H2,1H3. The van der Waals surface area contributed by atoms with E-state index in [1.165, 1.54) is 23.3 Å². The third kappa shape index (κ3) is 3.28. The highest BCUT2D eigenvalue weighted by Gasteiger charge is 2.21. The van der Waals surface area contributed by atoms with Gasteiger partial charge in [0.2, 0.25) is 0 Å². The van der Waals surface area contributed by atoms with E-state index in [2.05, 4.69) is 16.8 Å². The molecule has 112 valence electrons. The molecule has 2 unspecified atom stereocenters. The summed E-state index contributed by atoms with van der Waals surface area (Å²) in [6, 6.07) is 10.2. The second kappa shape index (κ2) is 6.60. The van der Waals surface area contributed by atoms with Crippen molar-refractivity contribution in [2.75, 3.05) is 13.7 Å². The maximum Gasteiger partial charge on any atom is 0.119 e. The lowest BCUT2D eigenvalue weighted by Gasteiger charge is -2.25. The van der Waals surface area contributed by atoms with Crippen molar-refractivity contribution in [1.29, 1.82) is 0 Å². The van der Waals surface area contributed by atoms with Gasteiger partial charge >= 0.3 is 0 Å². The Morgan fingerprint density at radius 3 is 3.19 bits per heavy atom. The van der Waals surface area contributed by atoms with Crippen molar-refractivity contribution in [3.05, 3.63) is 51.7 Å². The molecule has 1 aliphatic carbocycles. The quantitative estimate of drug-likeness (QED) is 0.889. The Morgan fingerprint density at radius 1 is 1.43 bits per heavy atom. The zero-order chi connectivity index (χ0) is 14.7. The normalized spacial score (nSPS) is 19.0. The number of hydrogen-bond donors (Lipinski definition) is 2. The molecule has 0 aliphatic heterocycles. The van der Waals surface area contributed by atoms with E-state index in [1.54, 1.807) is 7.11 Å².